The number of nitrogens with one attached hydrogen (secondary N) is 4. The number of aromatic amines is 2. The van der Waals surface area contributed by atoms with Crippen molar-refractivity contribution in [1.82, 2.24) is 25.6 Å². The lowest BCUT2D eigenvalue weighted by Gasteiger charge is -2.24. The minimum absolute atomic E-state index is 0.000876. The summed E-state index contributed by atoms with van der Waals surface area (Å²) in [6.45, 7) is 1.33. The van der Waals surface area contributed by atoms with E-state index in [-0.39, 0.29) is 65.7 Å². The molecular formula is C29H33FN6O6. The lowest BCUT2D eigenvalue weighted by atomic mass is 10.0. The molecule has 2 amide bonds. The Balaban J connectivity index is 1.16. The van der Waals surface area contributed by atoms with E-state index in [9.17, 15) is 29.0 Å². The fourth-order valence-corrected chi connectivity index (χ4v) is 5.15. The molecule has 1 aliphatic heterocycles. The first kappa shape index (κ1) is 29.2. The summed E-state index contributed by atoms with van der Waals surface area (Å²) in [5.74, 6) is -1.11. The smallest absolute Gasteiger partial charge is 0.261 e. The molecule has 5 rings (SSSR count). The molecule has 4 aromatic rings. The number of nitrogens with zero attached hydrogens (tertiary/aromatic N) is 1. The number of rotatable bonds is 10. The van der Waals surface area contributed by atoms with Gasteiger partial charge in [0.2, 0.25) is 5.91 Å². The number of carbonyl (C=O) groups is 2. The molecule has 0 aliphatic carbocycles. The van der Waals surface area contributed by atoms with Crippen molar-refractivity contribution in [2.45, 2.75) is 50.4 Å². The Kier molecular flexibility index (Phi) is 8.80. The fraction of sp³-hybridized carbons (Fsp3) is 0.379. The highest BCUT2D eigenvalue weighted by Gasteiger charge is 2.21. The van der Waals surface area contributed by atoms with Crippen molar-refractivity contribution in [2.24, 2.45) is 0 Å². The zero-order valence-corrected chi connectivity index (χ0v) is 22.8. The number of pyridine rings is 1. The van der Waals surface area contributed by atoms with E-state index in [0.29, 0.717) is 29.8 Å². The van der Waals surface area contributed by atoms with Crippen molar-refractivity contribution < 1.29 is 28.9 Å². The number of benzene rings is 2. The Morgan fingerprint density at radius 2 is 1.90 bits per heavy atom. The molecule has 0 spiro atoms. The van der Waals surface area contributed by atoms with Crippen LogP contribution in [-0.2, 0) is 9.53 Å². The van der Waals surface area contributed by atoms with Gasteiger partial charge in [-0.15, -0.1) is 0 Å². The molecule has 1 saturated heterocycles. The van der Waals surface area contributed by atoms with E-state index in [4.69, 9.17) is 10.5 Å². The van der Waals surface area contributed by atoms with Crippen molar-refractivity contribution in [2.75, 3.05) is 25.5 Å². The van der Waals surface area contributed by atoms with Gasteiger partial charge in [-0.2, -0.15) is 0 Å². The number of imidazole rings is 1. The summed E-state index contributed by atoms with van der Waals surface area (Å²) in [6, 6.07) is 9.04. The molecule has 1 aliphatic rings. The lowest BCUT2D eigenvalue weighted by molar-refractivity contribution is -0.124. The maximum Gasteiger partial charge on any atom is 0.261 e. The van der Waals surface area contributed by atoms with E-state index >= 15 is 0 Å². The van der Waals surface area contributed by atoms with Crippen LogP contribution < -0.4 is 21.9 Å². The van der Waals surface area contributed by atoms with Crippen LogP contribution in [0.15, 0.2) is 41.2 Å². The monoisotopic (exact) mass is 580 g/mol. The van der Waals surface area contributed by atoms with E-state index < -0.39 is 29.5 Å². The normalized spacial score (nSPS) is 15.5. The van der Waals surface area contributed by atoms with Crippen LogP contribution >= 0.6 is 0 Å². The third kappa shape index (κ3) is 6.59. The quantitative estimate of drug-likeness (QED) is 0.147. The number of aromatic nitrogens is 3. The Bertz CT molecular complexity index is 1660. The first-order chi connectivity index (χ1) is 20.2. The molecule has 0 saturated carbocycles. The molecule has 8 N–H and O–H groups in total. The largest absolute Gasteiger partial charge is 0.397 e. The second kappa shape index (κ2) is 12.7. The lowest BCUT2D eigenvalue weighted by Crippen LogP contribution is -2.40. The maximum atomic E-state index is 14.4. The highest BCUT2D eigenvalue weighted by molar-refractivity contribution is 6.00. The highest BCUT2D eigenvalue weighted by atomic mass is 19.1. The summed E-state index contributed by atoms with van der Waals surface area (Å²) in [6.07, 6.45) is -0.379. The SMILES string of the molecule is Nc1c(-c2nc3ccc(C(=O)NCC[C@@H](O)C[C@@H](O)CC(=O)NC4CCOCC4)cc3[nH]2)c(=O)[nH]c2cccc(F)c12. The first-order valence-corrected chi connectivity index (χ1v) is 13.8. The third-order valence-corrected chi connectivity index (χ3v) is 7.32. The van der Waals surface area contributed by atoms with Gasteiger partial charge in [0.25, 0.3) is 11.5 Å². The molecule has 222 valence electrons. The summed E-state index contributed by atoms with van der Waals surface area (Å²) in [4.78, 5) is 47.7. The second-order valence-electron chi connectivity index (χ2n) is 10.5. The molecule has 12 nitrogen and oxygen atoms in total. The minimum atomic E-state index is -1.01. The molecule has 42 heavy (non-hydrogen) atoms. The van der Waals surface area contributed by atoms with Gasteiger partial charge >= 0.3 is 0 Å². The highest BCUT2D eigenvalue weighted by Crippen LogP contribution is 2.30. The number of nitrogen functional groups attached to an aromatic ring is 1. The number of aliphatic hydroxyl groups is 2. The second-order valence-corrected chi connectivity index (χ2v) is 10.5. The Labute approximate surface area is 239 Å². The predicted octanol–water partition coefficient (Wildman–Crippen LogP) is 1.71. The topological polar surface area (TPSA) is 195 Å². The van der Waals surface area contributed by atoms with Gasteiger partial charge in [-0.05, 0) is 56.0 Å². The number of ether oxygens (including phenoxy) is 1. The van der Waals surface area contributed by atoms with E-state index in [1.54, 1.807) is 24.3 Å². The third-order valence-electron chi connectivity index (χ3n) is 7.32. The van der Waals surface area contributed by atoms with Crippen LogP contribution in [0.4, 0.5) is 10.1 Å². The number of aliphatic hydroxyl groups excluding tert-OH is 2. The standard InChI is InChI=1S/C29H33FN6O6/c30-19-2-1-3-21-24(19)26(31)25(29(41)36-21)27-34-20-5-4-15(12-22(20)35-27)28(40)32-9-6-17(37)13-18(38)14-23(39)33-16-7-10-42-11-8-16/h1-5,12,16-18,37-38H,6-11,13-14H2,(H,32,40)(H,33,39)(H,34,35)(H3,31,36,41)/t17-,18-/m1/s1. The molecule has 0 bridgehead atoms. The van der Waals surface area contributed by atoms with Crippen molar-refractivity contribution in [1.29, 1.82) is 0 Å². The number of hydrogen-bond acceptors (Lipinski definition) is 8. The maximum absolute atomic E-state index is 14.4. The molecule has 13 heteroatoms. The molecule has 0 radical (unpaired) electrons. The molecule has 3 heterocycles. The minimum Gasteiger partial charge on any atom is -0.397 e. The van der Waals surface area contributed by atoms with Crippen LogP contribution in [0, 0.1) is 5.82 Å². The zero-order valence-electron chi connectivity index (χ0n) is 22.8. The van der Waals surface area contributed by atoms with Gasteiger partial charge in [0, 0.05) is 31.4 Å². The van der Waals surface area contributed by atoms with Crippen LogP contribution in [0.5, 0.6) is 0 Å². The molecule has 2 atom stereocenters. The number of hydrogen-bond donors (Lipinski definition) is 7. The number of fused-ring (bicyclic) bond motifs is 2. The van der Waals surface area contributed by atoms with E-state index in [1.807, 2.05) is 0 Å². The molecule has 2 aromatic heterocycles. The number of carbonyl (C=O) groups excluding carboxylic acids is 2. The summed E-state index contributed by atoms with van der Waals surface area (Å²) < 4.78 is 19.7. The first-order valence-electron chi connectivity index (χ1n) is 13.8. The summed E-state index contributed by atoms with van der Waals surface area (Å²) in [5.41, 5.74) is 7.10. The van der Waals surface area contributed by atoms with Crippen LogP contribution in [-0.4, -0.2) is 75.0 Å². The van der Waals surface area contributed by atoms with Crippen LogP contribution in [0.25, 0.3) is 33.3 Å². The Morgan fingerprint density at radius 1 is 1.12 bits per heavy atom. The van der Waals surface area contributed by atoms with Gasteiger partial charge in [0.15, 0.2) is 0 Å². The van der Waals surface area contributed by atoms with Gasteiger partial charge in [-0.3, -0.25) is 14.4 Å². The summed E-state index contributed by atoms with van der Waals surface area (Å²) >= 11 is 0. The van der Waals surface area contributed by atoms with Gasteiger partial charge in [0.05, 0.1) is 46.3 Å². The fourth-order valence-electron chi connectivity index (χ4n) is 5.15. The van der Waals surface area contributed by atoms with Crippen LogP contribution in [0.3, 0.4) is 0 Å². The van der Waals surface area contributed by atoms with Crippen LogP contribution in [0.1, 0.15) is 42.5 Å². The summed E-state index contributed by atoms with van der Waals surface area (Å²) in [7, 11) is 0. The average Bonchev–Trinajstić information content (AvgIpc) is 3.36. The van der Waals surface area contributed by atoms with E-state index in [0.717, 1.165) is 12.8 Å². The van der Waals surface area contributed by atoms with Crippen molar-refractivity contribution >= 4 is 39.4 Å². The van der Waals surface area contributed by atoms with Crippen LogP contribution in [0.2, 0.25) is 0 Å². The number of H-pyrrole nitrogens is 2. The number of nitrogens with two attached hydrogens (primary N) is 1. The average molecular weight is 581 g/mol. The van der Waals surface area contributed by atoms with E-state index in [2.05, 4.69) is 25.6 Å². The molecule has 2 aromatic carbocycles. The predicted molar refractivity (Wildman–Crippen MR) is 154 cm³/mol. The Morgan fingerprint density at radius 3 is 2.69 bits per heavy atom. The van der Waals surface area contributed by atoms with Crippen molar-refractivity contribution in [3.63, 3.8) is 0 Å². The van der Waals surface area contributed by atoms with Gasteiger partial charge in [-0.25, -0.2) is 9.37 Å². The zero-order chi connectivity index (χ0) is 29.8. The number of anilines is 1. The van der Waals surface area contributed by atoms with Gasteiger partial charge in [0.1, 0.15) is 17.2 Å². The number of halogens is 1. The molecular weight excluding hydrogens is 547 g/mol. The van der Waals surface area contributed by atoms with Crippen molar-refractivity contribution in [3.8, 4) is 11.4 Å². The Hall–Kier alpha value is -4.33. The molecule has 1 fully saturated rings. The molecule has 0 unspecified atom stereocenters. The van der Waals surface area contributed by atoms with Gasteiger partial charge < -0.3 is 41.3 Å². The van der Waals surface area contributed by atoms with Crippen molar-refractivity contribution in [3.05, 3.63) is 58.1 Å². The summed E-state index contributed by atoms with van der Waals surface area (Å²) in [5, 5.41) is 26.2. The van der Waals surface area contributed by atoms with Gasteiger partial charge in [-0.1, -0.05) is 6.07 Å². The number of amides is 2. The van der Waals surface area contributed by atoms with E-state index in [1.165, 1.54) is 12.1 Å².